The number of hydrogen-bond donors (Lipinski definition) is 6. The van der Waals surface area contributed by atoms with Crippen LogP contribution in [0.25, 0.3) is 0 Å². The highest BCUT2D eigenvalue weighted by Crippen LogP contribution is 2.26. The summed E-state index contributed by atoms with van der Waals surface area (Å²) < 4.78 is 17.5. The van der Waals surface area contributed by atoms with Crippen molar-refractivity contribution in [2.45, 2.75) is 269 Å². The number of amides is 1. The standard InChI is InChI=1S/C62H105NO10/c1-4-7-10-13-16-19-22-25-26-27-28-29-32-34-37-40-43-46-49-55(66)61(70)63-53(54(65)48-45-42-39-36-33-30-23-20-17-14-11-8-5-2)52-71-62-60(59(69)58(68)56(51-64)72-62)73-57(67)50-47-44-41-38-35-31-24-21-18-15-12-9-6-3/h9,12,15-16,18-19,21,24-26,31,35,38,41,45,48,53-56,58-60,62,64-66,68-69H,4-8,10-11,13-14,17,20,22-23,27-30,32-34,36-37,39-40,42-44,46-47,49-52H2,1-3H3,(H,63,70)/b12-9+,18-15+,19-16-,24-21-,26-25-,35-31-,41-38+,48-45+. The van der Waals surface area contributed by atoms with E-state index in [-0.39, 0.29) is 19.4 Å². The minimum Gasteiger partial charge on any atom is -0.454 e. The zero-order valence-corrected chi connectivity index (χ0v) is 46.0. The molecule has 8 atom stereocenters. The fourth-order valence-electron chi connectivity index (χ4n) is 8.47. The van der Waals surface area contributed by atoms with E-state index in [2.05, 4.69) is 56.5 Å². The van der Waals surface area contributed by atoms with Gasteiger partial charge in [0.25, 0.3) is 0 Å². The average Bonchev–Trinajstić information content (AvgIpc) is 3.39. The molecular weight excluding hydrogens is 919 g/mol. The van der Waals surface area contributed by atoms with Gasteiger partial charge in [0, 0.05) is 6.42 Å². The van der Waals surface area contributed by atoms with Crippen molar-refractivity contribution in [3.05, 3.63) is 97.2 Å². The number of hydrogen-bond acceptors (Lipinski definition) is 10. The molecule has 0 radical (unpaired) electrons. The Bertz CT molecular complexity index is 1550. The zero-order chi connectivity index (χ0) is 53.3. The number of aliphatic hydroxyl groups is 5. The lowest BCUT2D eigenvalue weighted by atomic mass is 9.99. The molecule has 8 unspecified atom stereocenters. The Balaban J connectivity index is 2.77. The van der Waals surface area contributed by atoms with Gasteiger partial charge in [0.05, 0.1) is 25.4 Å². The molecule has 11 nitrogen and oxygen atoms in total. The lowest BCUT2D eigenvalue weighted by Crippen LogP contribution is -2.61. The first-order valence-electron chi connectivity index (χ1n) is 29.1. The minimum absolute atomic E-state index is 0.0224. The summed E-state index contributed by atoms with van der Waals surface area (Å²) in [4.78, 5) is 26.4. The van der Waals surface area contributed by atoms with Crippen molar-refractivity contribution in [1.82, 2.24) is 5.32 Å². The largest absolute Gasteiger partial charge is 0.454 e. The van der Waals surface area contributed by atoms with Gasteiger partial charge in [-0.2, -0.15) is 0 Å². The quantitative estimate of drug-likeness (QED) is 0.0149. The molecule has 1 rings (SSSR count). The Morgan fingerprint density at radius 3 is 1.60 bits per heavy atom. The number of ether oxygens (including phenoxy) is 3. The summed E-state index contributed by atoms with van der Waals surface area (Å²) in [5, 5.41) is 56.8. The predicted molar refractivity (Wildman–Crippen MR) is 301 cm³/mol. The maximum atomic E-state index is 13.4. The summed E-state index contributed by atoms with van der Waals surface area (Å²) in [6.07, 6.45) is 54.6. The molecule has 1 saturated heterocycles. The van der Waals surface area contributed by atoms with Gasteiger partial charge in [-0.05, 0) is 70.6 Å². The fraction of sp³-hybridized carbons (Fsp3) is 0.710. The number of nitrogens with one attached hydrogen (secondary N) is 1. The van der Waals surface area contributed by atoms with Crippen LogP contribution >= 0.6 is 0 Å². The predicted octanol–water partition coefficient (Wildman–Crippen LogP) is 13.2. The van der Waals surface area contributed by atoms with Crippen molar-refractivity contribution in [2.75, 3.05) is 13.2 Å². The average molecular weight is 1020 g/mol. The fourth-order valence-corrected chi connectivity index (χ4v) is 8.47. The summed E-state index contributed by atoms with van der Waals surface area (Å²) in [7, 11) is 0. The Morgan fingerprint density at radius 1 is 0.562 bits per heavy atom. The van der Waals surface area contributed by atoms with E-state index in [4.69, 9.17) is 14.2 Å². The summed E-state index contributed by atoms with van der Waals surface area (Å²) in [6, 6.07) is -1.05. The first kappa shape index (κ1) is 67.6. The first-order valence-corrected chi connectivity index (χ1v) is 29.1. The molecule has 0 aromatic heterocycles. The number of carbonyl (C=O) groups is 2. The minimum atomic E-state index is -1.65. The molecule has 0 aromatic carbocycles. The van der Waals surface area contributed by atoms with Gasteiger partial charge in [-0.3, -0.25) is 9.59 Å². The van der Waals surface area contributed by atoms with Crippen LogP contribution < -0.4 is 5.32 Å². The van der Waals surface area contributed by atoms with Crippen LogP contribution in [0.5, 0.6) is 0 Å². The summed E-state index contributed by atoms with van der Waals surface area (Å²) >= 11 is 0. The maximum absolute atomic E-state index is 13.4. The van der Waals surface area contributed by atoms with Gasteiger partial charge in [-0.25, -0.2) is 0 Å². The van der Waals surface area contributed by atoms with Crippen LogP contribution in [0.15, 0.2) is 97.2 Å². The van der Waals surface area contributed by atoms with Crippen molar-refractivity contribution in [3.63, 3.8) is 0 Å². The SMILES string of the molecule is CC/C=C/C=C/C=C\C=C/C=C/CCCC(=O)OC1C(OCC(NC(=O)C(O)CCCCCCCCCC/C=C\C/C=C\CCCCC)C(O)/C=C/CCCCCCCCCCCCC)OC(CO)C(O)C1O. The normalized spacial score (nSPS) is 20.1. The highest BCUT2D eigenvalue weighted by molar-refractivity contribution is 5.80. The summed E-state index contributed by atoms with van der Waals surface area (Å²) in [6.45, 7) is 5.56. The van der Waals surface area contributed by atoms with E-state index < -0.39 is 67.4 Å². The van der Waals surface area contributed by atoms with Crippen LogP contribution in [0.2, 0.25) is 0 Å². The van der Waals surface area contributed by atoms with E-state index in [0.717, 1.165) is 64.2 Å². The maximum Gasteiger partial charge on any atom is 0.306 e. The van der Waals surface area contributed by atoms with Crippen LogP contribution in [0.3, 0.4) is 0 Å². The smallest absolute Gasteiger partial charge is 0.306 e. The van der Waals surface area contributed by atoms with Crippen molar-refractivity contribution in [1.29, 1.82) is 0 Å². The second-order valence-electron chi connectivity index (χ2n) is 19.8. The number of aliphatic hydroxyl groups excluding tert-OH is 5. The molecule has 0 spiro atoms. The second kappa shape index (κ2) is 49.5. The van der Waals surface area contributed by atoms with Gasteiger partial charge >= 0.3 is 5.97 Å². The molecule has 73 heavy (non-hydrogen) atoms. The molecule has 6 N–H and O–H groups in total. The van der Waals surface area contributed by atoms with Crippen molar-refractivity contribution in [3.8, 4) is 0 Å². The van der Waals surface area contributed by atoms with Crippen molar-refractivity contribution in [2.24, 2.45) is 0 Å². The molecule has 0 saturated carbocycles. The summed E-state index contributed by atoms with van der Waals surface area (Å²) in [5.41, 5.74) is 0. The molecule has 1 heterocycles. The monoisotopic (exact) mass is 1020 g/mol. The third-order valence-electron chi connectivity index (χ3n) is 13.1. The highest BCUT2D eigenvalue weighted by atomic mass is 16.7. The van der Waals surface area contributed by atoms with Gasteiger partial charge in [-0.1, -0.05) is 240 Å². The number of esters is 1. The molecule has 1 aliphatic heterocycles. The summed E-state index contributed by atoms with van der Waals surface area (Å²) in [5.74, 6) is -1.28. The zero-order valence-electron chi connectivity index (χ0n) is 46.0. The van der Waals surface area contributed by atoms with Gasteiger partial charge in [0.15, 0.2) is 12.4 Å². The van der Waals surface area contributed by atoms with E-state index in [1.165, 1.54) is 103 Å². The lowest BCUT2D eigenvalue weighted by Gasteiger charge is -2.41. The number of rotatable bonds is 47. The third-order valence-corrected chi connectivity index (χ3v) is 13.1. The van der Waals surface area contributed by atoms with E-state index in [1.807, 2.05) is 60.8 Å². The van der Waals surface area contributed by atoms with Gasteiger partial charge in [0.2, 0.25) is 5.91 Å². The van der Waals surface area contributed by atoms with Crippen molar-refractivity contribution < 1.29 is 49.3 Å². The molecule has 0 aromatic rings. The molecule has 0 bridgehead atoms. The Kier molecular flexibility index (Phi) is 45.8. The lowest BCUT2D eigenvalue weighted by molar-refractivity contribution is -0.305. The Morgan fingerprint density at radius 2 is 1.04 bits per heavy atom. The second-order valence-corrected chi connectivity index (χ2v) is 19.8. The topological polar surface area (TPSA) is 175 Å². The van der Waals surface area contributed by atoms with E-state index in [1.54, 1.807) is 6.08 Å². The van der Waals surface area contributed by atoms with Crippen LogP contribution in [-0.4, -0.2) is 99.6 Å². The molecule has 11 heteroatoms. The molecule has 1 aliphatic rings. The Hall–Kier alpha value is -3.42. The molecule has 1 fully saturated rings. The van der Waals surface area contributed by atoms with E-state index in [9.17, 15) is 35.1 Å². The molecule has 1 amide bonds. The van der Waals surface area contributed by atoms with Crippen molar-refractivity contribution >= 4 is 11.9 Å². The van der Waals surface area contributed by atoms with Crippen LogP contribution in [-0.2, 0) is 23.8 Å². The molecule has 0 aliphatic carbocycles. The number of carbonyl (C=O) groups excluding carboxylic acids is 2. The van der Waals surface area contributed by atoms with Gasteiger partial charge in [-0.15, -0.1) is 0 Å². The van der Waals surface area contributed by atoms with Gasteiger partial charge in [0.1, 0.15) is 24.4 Å². The molecular formula is C62H105NO10. The highest BCUT2D eigenvalue weighted by Gasteiger charge is 2.47. The van der Waals surface area contributed by atoms with Gasteiger partial charge < -0.3 is 45.1 Å². The third kappa shape index (κ3) is 37.9. The van der Waals surface area contributed by atoms with Crippen LogP contribution in [0, 0.1) is 0 Å². The van der Waals surface area contributed by atoms with Crippen LogP contribution in [0.4, 0.5) is 0 Å². The number of allylic oxidation sites excluding steroid dienone is 15. The first-order chi connectivity index (χ1) is 35.7. The van der Waals surface area contributed by atoms with E-state index >= 15 is 0 Å². The Labute approximate surface area is 444 Å². The molecule has 418 valence electrons. The number of unbranched alkanes of at least 4 members (excludes halogenated alkanes) is 23. The van der Waals surface area contributed by atoms with E-state index in [0.29, 0.717) is 19.3 Å². The van der Waals surface area contributed by atoms with Crippen LogP contribution in [0.1, 0.15) is 220 Å².